The van der Waals surface area contributed by atoms with Crippen LogP contribution in [0.2, 0.25) is 0 Å². The zero-order valence-electron chi connectivity index (χ0n) is 9.34. The normalized spacial score (nSPS) is 33.2. The Bertz CT molecular complexity index is 386. The molecule has 86 valence electrons. The molecule has 2 aliphatic carbocycles. The summed E-state index contributed by atoms with van der Waals surface area (Å²) >= 11 is 0. The van der Waals surface area contributed by atoms with Gasteiger partial charge in [0.25, 0.3) is 0 Å². The second kappa shape index (κ2) is 3.70. The zero-order valence-corrected chi connectivity index (χ0v) is 9.34. The highest BCUT2D eigenvalue weighted by Crippen LogP contribution is 2.62. The Kier molecular flexibility index (Phi) is 2.32. The molecule has 3 rings (SSSR count). The van der Waals surface area contributed by atoms with E-state index in [1.54, 1.807) is 19.5 Å². The second-order valence-electron chi connectivity index (χ2n) is 4.73. The van der Waals surface area contributed by atoms with Gasteiger partial charge in [-0.3, -0.25) is 4.98 Å². The Balaban J connectivity index is 1.81. The average molecular weight is 220 g/mol. The standard InChI is InChI=1S/C12H16N2O2/c1-16-12-10(13-5-6-14-12)11(15)9-7-3-2-4-8(7)9/h5-9,11,15H,2-4H2,1H3. The van der Waals surface area contributed by atoms with Gasteiger partial charge in [-0.15, -0.1) is 0 Å². The van der Waals surface area contributed by atoms with Crippen LogP contribution in [0.25, 0.3) is 0 Å². The molecule has 1 aromatic rings. The minimum absolute atomic E-state index is 0.388. The van der Waals surface area contributed by atoms with E-state index in [1.165, 1.54) is 19.3 Å². The second-order valence-corrected chi connectivity index (χ2v) is 4.73. The van der Waals surface area contributed by atoms with Crippen molar-refractivity contribution < 1.29 is 9.84 Å². The summed E-state index contributed by atoms with van der Waals surface area (Å²) < 4.78 is 5.13. The van der Waals surface area contributed by atoms with E-state index in [4.69, 9.17) is 4.74 Å². The van der Waals surface area contributed by atoms with Crippen LogP contribution in [0.15, 0.2) is 12.4 Å². The summed E-state index contributed by atoms with van der Waals surface area (Å²) in [5, 5.41) is 10.3. The number of aliphatic hydroxyl groups is 1. The molecule has 16 heavy (non-hydrogen) atoms. The van der Waals surface area contributed by atoms with Crippen LogP contribution in [-0.2, 0) is 0 Å². The first-order chi connectivity index (χ1) is 7.83. The first-order valence-electron chi connectivity index (χ1n) is 5.86. The molecule has 1 heterocycles. The van der Waals surface area contributed by atoms with Crippen molar-refractivity contribution in [3.8, 4) is 5.88 Å². The molecule has 1 aromatic heterocycles. The third-order valence-electron chi connectivity index (χ3n) is 4.00. The molecule has 0 amide bonds. The fourth-order valence-corrected chi connectivity index (χ4v) is 3.22. The Labute approximate surface area is 94.7 Å². The van der Waals surface area contributed by atoms with E-state index in [1.807, 2.05) is 0 Å². The maximum absolute atomic E-state index is 10.3. The molecular weight excluding hydrogens is 204 g/mol. The quantitative estimate of drug-likeness (QED) is 0.840. The topological polar surface area (TPSA) is 55.2 Å². The van der Waals surface area contributed by atoms with Crippen molar-refractivity contribution in [1.29, 1.82) is 0 Å². The molecule has 2 saturated carbocycles. The van der Waals surface area contributed by atoms with Crippen molar-refractivity contribution in [3.05, 3.63) is 18.1 Å². The molecular formula is C12H16N2O2. The lowest BCUT2D eigenvalue weighted by atomic mass is 10.0. The van der Waals surface area contributed by atoms with Gasteiger partial charge in [0.05, 0.1) is 7.11 Å². The summed E-state index contributed by atoms with van der Waals surface area (Å²) in [5.74, 6) is 2.27. The average Bonchev–Trinajstić information content (AvgIpc) is 2.81. The number of hydrogen-bond donors (Lipinski definition) is 1. The highest BCUT2D eigenvalue weighted by molar-refractivity contribution is 5.23. The van der Waals surface area contributed by atoms with Crippen LogP contribution in [0.1, 0.15) is 31.1 Å². The van der Waals surface area contributed by atoms with Crippen molar-refractivity contribution in [3.63, 3.8) is 0 Å². The summed E-state index contributed by atoms with van der Waals surface area (Å²) in [6, 6.07) is 0. The highest BCUT2D eigenvalue weighted by atomic mass is 16.5. The van der Waals surface area contributed by atoms with Crippen molar-refractivity contribution >= 4 is 0 Å². The van der Waals surface area contributed by atoms with Crippen LogP contribution in [-0.4, -0.2) is 22.2 Å². The van der Waals surface area contributed by atoms with Gasteiger partial charge in [0, 0.05) is 12.4 Å². The predicted molar refractivity (Wildman–Crippen MR) is 57.9 cm³/mol. The van der Waals surface area contributed by atoms with E-state index < -0.39 is 6.10 Å². The smallest absolute Gasteiger partial charge is 0.238 e. The summed E-state index contributed by atoms with van der Waals surface area (Å²) in [6.45, 7) is 0. The zero-order chi connectivity index (χ0) is 11.1. The lowest BCUT2D eigenvalue weighted by Gasteiger charge is -2.13. The van der Waals surface area contributed by atoms with E-state index in [9.17, 15) is 5.11 Å². The van der Waals surface area contributed by atoms with Gasteiger partial charge < -0.3 is 9.84 Å². The molecule has 4 nitrogen and oxygen atoms in total. The lowest BCUT2D eigenvalue weighted by Crippen LogP contribution is -2.09. The van der Waals surface area contributed by atoms with Crippen LogP contribution in [0.3, 0.4) is 0 Å². The summed E-state index contributed by atoms with van der Waals surface area (Å²) in [5.41, 5.74) is 0.601. The third-order valence-corrected chi connectivity index (χ3v) is 4.00. The molecule has 1 N–H and O–H groups in total. The first kappa shape index (κ1) is 10.0. The first-order valence-corrected chi connectivity index (χ1v) is 5.86. The fraction of sp³-hybridized carbons (Fsp3) is 0.667. The molecule has 0 aromatic carbocycles. The Hall–Kier alpha value is -1.16. The number of fused-ring (bicyclic) bond motifs is 1. The van der Waals surface area contributed by atoms with Gasteiger partial charge in [-0.1, -0.05) is 6.42 Å². The SMILES string of the molecule is COc1nccnc1C(O)C1C2CCCC21. The third kappa shape index (κ3) is 1.40. The van der Waals surface area contributed by atoms with E-state index in [0.717, 1.165) is 0 Å². The summed E-state index contributed by atoms with van der Waals surface area (Å²) in [6.07, 6.45) is 6.53. The molecule has 0 aliphatic heterocycles. The maximum atomic E-state index is 10.3. The van der Waals surface area contributed by atoms with Crippen molar-refractivity contribution in [2.24, 2.45) is 17.8 Å². The number of nitrogens with zero attached hydrogens (tertiary/aromatic N) is 2. The summed E-state index contributed by atoms with van der Waals surface area (Å²) in [7, 11) is 1.56. The molecule has 4 heteroatoms. The van der Waals surface area contributed by atoms with Crippen LogP contribution in [0.4, 0.5) is 0 Å². The van der Waals surface area contributed by atoms with Crippen molar-refractivity contribution in [2.75, 3.05) is 7.11 Å². The van der Waals surface area contributed by atoms with E-state index in [0.29, 0.717) is 29.3 Å². The van der Waals surface area contributed by atoms with Gasteiger partial charge in [0.1, 0.15) is 11.8 Å². The number of aromatic nitrogens is 2. The molecule has 2 fully saturated rings. The highest BCUT2D eigenvalue weighted by Gasteiger charge is 2.56. The van der Waals surface area contributed by atoms with Crippen LogP contribution in [0, 0.1) is 17.8 Å². The fourth-order valence-electron chi connectivity index (χ4n) is 3.22. The van der Waals surface area contributed by atoms with Crippen molar-refractivity contribution in [1.82, 2.24) is 9.97 Å². The number of methoxy groups -OCH3 is 1. The largest absolute Gasteiger partial charge is 0.480 e. The van der Waals surface area contributed by atoms with Gasteiger partial charge in [-0.05, 0) is 30.6 Å². The number of rotatable bonds is 3. The Morgan fingerprint density at radius 1 is 1.31 bits per heavy atom. The Morgan fingerprint density at radius 3 is 2.69 bits per heavy atom. The predicted octanol–water partition coefficient (Wildman–Crippen LogP) is 1.56. The molecule has 0 radical (unpaired) electrons. The van der Waals surface area contributed by atoms with Crippen LogP contribution >= 0.6 is 0 Å². The van der Waals surface area contributed by atoms with Crippen molar-refractivity contribution in [2.45, 2.75) is 25.4 Å². The summed E-state index contributed by atoms with van der Waals surface area (Å²) in [4.78, 5) is 8.28. The van der Waals surface area contributed by atoms with Crippen LogP contribution in [0.5, 0.6) is 5.88 Å². The number of ether oxygens (including phenoxy) is 1. The molecule has 3 unspecified atom stereocenters. The van der Waals surface area contributed by atoms with Crippen LogP contribution < -0.4 is 4.74 Å². The van der Waals surface area contributed by atoms with Gasteiger partial charge in [0.15, 0.2) is 0 Å². The van der Waals surface area contributed by atoms with Gasteiger partial charge in [0.2, 0.25) is 5.88 Å². The lowest BCUT2D eigenvalue weighted by molar-refractivity contribution is 0.128. The number of hydrogen-bond acceptors (Lipinski definition) is 4. The molecule has 3 atom stereocenters. The van der Waals surface area contributed by atoms with Gasteiger partial charge in [-0.2, -0.15) is 0 Å². The Morgan fingerprint density at radius 2 is 2.00 bits per heavy atom. The monoisotopic (exact) mass is 220 g/mol. The minimum atomic E-state index is -0.501. The van der Waals surface area contributed by atoms with E-state index in [2.05, 4.69) is 9.97 Å². The molecule has 0 saturated heterocycles. The number of aliphatic hydroxyl groups excluding tert-OH is 1. The van der Waals surface area contributed by atoms with E-state index in [-0.39, 0.29) is 0 Å². The maximum Gasteiger partial charge on any atom is 0.238 e. The molecule has 0 bridgehead atoms. The molecule has 2 aliphatic rings. The molecule has 0 spiro atoms. The van der Waals surface area contributed by atoms with E-state index >= 15 is 0 Å². The van der Waals surface area contributed by atoms with Gasteiger partial charge >= 0.3 is 0 Å². The minimum Gasteiger partial charge on any atom is -0.480 e. The van der Waals surface area contributed by atoms with Gasteiger partial charge in [-0.25, -0.2) is 4.98 Å².